The number of sulfone groups is 2. The molecule has 0 N–H and O–H groups in total. The van der Waals surface area contributed by atoms with E-state index in [1.807, 2.05) is 0 Å². The molecule has 0 aliphatic rings. The molecule has 1 aromatic rings. The lowest BCUT2D eigenvalue weighted by molar-refractivity contribution is -0.0438. The molecular weight excluding hydrogens is 357 g/mol. The molecule has 0 unspecified atom stereocenters. The van der Waals surface area contributed by atoms with Crippen molar-refractivity contribution in [2.24, 2.45) is 0 Å². The van der Waals surface area contributed by atoms with Gasteiger partial charge in [0.2, 0.25) is 0 Å². The Morgan fingerprint density at radius 2 is 0.952 bits per heavy atom. The Hall–Kier alpha value is -1.37. The topological polar surface area (TPSA) is 68.3 Å². The third kappa shape index (κ3) is 3.12. The van der Waals surface area contributed by atoms with E-state index in [0.29, 0.717) is 0 Å². The molecule has 0 aliphatic carbocycles. The molecular formula is C8H3F7O4S2. The van der Waals surface area contributed by atoms with E-state index in [1.54, 1.807) is 0 Å². The zero-order valence-corrected chi connectivity index (χ0v) is 11.0. The molecule has 21 heavy (non-hydrogen) atoms. The average Bonchev–Trinajstić information content (AvgIpc) is 2.24. The normalized spacial score (nSPS) is 14.2. The summed E-state index contributed by atoms with van der Waals surface area (Å²) in [6.45, 7) is 0. The van der Waals surface area contributed by atoms with Gasteiger partial charge in [-0.2, -0.15) is 26.3 Å². The molecule has 0 saturated heterocycles. The van der Waals surface area contributed by atoms with Gasteiger partial charge in [0.15, 0.2) is 0 Å². The molecule has 0 radical (unpaired) electrons. The fourth-order valence-corrected chi connectivity index (χ4v) is 2.82. The summed E-state index contributed by atoms with van der Waals surface area (Å²) < 4.78 is 130. The Labute approximate surface area is 113 Å². The van der Waals surface area contributed by atoms with Crippen LogP contribution in [0.15, 0.2) is 28.0 Å². The second-order valence-electron chi connectivity index (χ2n) is 3.52. The summed E-state index contributed by atoms with van der Waals surface area (Å²) in [6, 6.07) is -0.884. The number of rotatable bonds is 2. The van der Waals surface area contributed by atoms with Crippen LogP contribution in [0.5, 0.6) is 0 Å². The highest BCUT2D eigenvalue weighted by Crippen LogP contribution is 2.35. The summed E-state index contributed by atoms with van der Waals surface area (Å²) in [4.78, 5) is -3.89. The highest BCUT2D eigenvalue weighted by atomic mass is 32.2. The van der Waals surface area contributed by atoms with Gasteiger partial charge in [0.1, 0.15) is 5.82 Å². The van der Waals surface area contributed by atoms with Crippen LogP contribution >= 0.6 is 0 Å². The van der Waals surface area contributed by atoms with Crippen molar-refractivity contribution in [1.29, 1.82) is 0 Å². The molecule has 1 aromatic carbocycles. The minimum absolute atomic E-state index is 0.238. The number of hydrogen-bond donors (Lipinski definition) is 0. The molecule has 4 nitrogen and oxygen atoms in total. The van der Waals surface area contributed by atoms with Gasteiger partial charge in [0.05, 0.1) is 9.79 Å². The first-order valence-corrected chi connectivity index (χ1v) is 7.50. The van der Waals surface area contributed by atoms with Gasteiger partial charge in [0, 0.05) is 0 Å². The summed E-state index contributed by atoms with van der Waals surface area (Å²) in [7, 11) is -12.4. The van der Waals surface area contributed by atoms with E-state index in [1.165, 1.54) is 0 Å². The van der Waals surface area contributed by atoms with Crippen LogP contribution in [0.1, 0.15) is 0 Å². The van der Waals surface area contributed by atoms with Gasteiger partial charge in [-0.25, -0.2) is 21.2 Å². The molecule has 0 aliphatic heterocycles. The maximum absolute atomic E-state index is 13.0. The highest BCUT2D eigenvalue weighted by molar-refractivity contribution is 7.93. The second-order valence-corrected chi connectivity index (χ2v) is 7.40. The van der Waals surface area contributed by atoms with Crippen molar-refractivity contribution < 1.29 is 47.6 Å². The zero-order valence-electron chi connectivity index (χ0n) is 9.33. The summed E-state index contributed by atoms with van der Waals surface area (Å²) in [5.41, 5.74) is -11.9. The smallest absolute Gasteiger partial charge is 0.214 e. The molecule has 1 rings (SSSR count). The van der Waals surface area contributed by atoms with Gasteiger partial charge in [0.25, 0.3) is 19.7 Å². The minimum Gasteiger partial charge on any atom is -0.214 e. The van der Waals surface area contributed by atoms with E-state index in [-0.39, 0.29) is 12.1 Å². The summed E-state index contributed by atoms with van der Waals surface area (Å²) in [6.07, 6.45) is 0. The molecule has 0 amide bonds. The lowest BCUT2D eigenvalue weighted by Crippen LogP contribution is -2.26. The first kappa shape index (κ1) is 17.7. The lowest BCUT2D eigenvalue weighted by Gasteiger charge is -2.11. The van der Waals surface area contributed by atoms with Crippen LogP contribution < -0.4 is 0 Å². The van der Waals surface area contributed by atoms with Crippen LogP contribution in [-0.2, 0) is 19.7 Å². The molecule has 0 heterocycles. The standard InChI is InChI=1S/C8H3F7O4S2/c9-4-1-5(20(16,17)7(10,11)12)3-6(2-4)21(18,19)8(13,14)15/h1-3H. The van der Waals surface area contributed by atoms with Crippen molar-refractivity contribution in [3.8, 4) is 0 Å². The van der Waals surface area contributed by atoms with Crippen molar-refractivity contribution in [3.63, 3.8) is 0 Å². The first-order valence-electron chi connectivity index (χ1n) is 4.54. The Kier molecular flexibility index (Phi) is 4.07. The monoisotopic (exact) mass is 360 g/mol. The average molecular weight is 360 g/mol. The number of halogens is 7. The van der Waals surface area contributed by atoms with Crippen molar-refractivity contribution in [2.45, 2.75) is 20.8 Å². The van der Waals surface area contributed by atoms with Gasteiger partial charge in [-0.05, 0) is 18.2 Å². The van der Waals surface area contributed by atoms with Crippen LogP contribution in [0.2, 0.25) is 0 Å². The molecule has 120 valence electrons. The number of alkyl halides is 6. The molecule has 0 aromatic heterocycles. The van der Waals surface area contributed by atoms with E-state index >= 15 is 0 Å². The van der Waals surface area contributed by atoms with Gasteiger partial charge in [-0.15, -0.1) is 0 Å². The molecule has 13 heteroatoms. The van der Waals surface area contributed by atoms with Gasteiger partial charge in [-0.3, -0.25) is 0 Å². The maximum Gasteiger partial charge on any atom is 0.501 e. The van der Waals surface area contributed by atoms with E-state index in [9.17, 15) is 47.6 Å². The number of benzene rings is 1. The number of hydrogen-bond acceptors (Lipinski definition) is 4. The van der Waals surface area contributed by atoms with Crippen molar-refractivity contribution in [2.75, 3.05) is 0 Å². The third-order valence-electron chi connectivity index (χ3n) is 2.07. The fourth-order valence-electron chi connectivity index (χ4n) is 1.11. The summed E-state index contributed by atoms with van der Waals surface area (Å²) >= 11 is 0. The largest absolute Gasteiger partial charge is 0.501 e. The van der Waals surface area contributed by atoms with Crippen LogP contribution in [0.25, 0.3) is 0 Å². The van der Waals surface area contributed by atoms with Crippen molar-refractivity contribution in [1.82, 2.24) is 0 Å². The summed E-state index contributed by atoms with van der Waals surface area (Å²) in [5, 5.41) is 0. The Balaban J connectivity index is 3.67. The first-order chi connectivity index (χ1) is 9.10. The third-order valence-corrected chi connectivity index (χ3v) is 5.01. The van der Waals surface area contributed by atoms with Crippen LogP contribution in [0, 0.1) is 5.82 Å². The molecule has 0 atom stereocenters. The Bertz CT molecular complexity index is 697. The van der Waals surface area contributed by atoms with Crippen LogP contribution in [0.4, 0.5) is 30.7 Å². The van der Waals surface area contributed by atoms with Crippen LogP contribution in [-0.4, -0.2) is 27.9 Å². The fraction of sp³-hybridized carbons (Fsp3) is 0.250. The highest BCUT2D eigenvalue weighted by Gasteiger charge is 2.50. The molecule has 0 saturated carbocycles. The summed E-state index contributed by atoms with van der Waals surface area (Å²) in [5.74, 6) is -1.89. The second kappa shape index (κ2) is 4.83. The van der Waals surface area contributed by atoms with Crippen molar-refractivity contribution in [3.05, 3.63) is 24.0 Å². The van der Waals surface area contributed by atoms with Gasteiger partial charge >= 0.3 is 11.0 Å². The van der Waals surface area contributed by atoms with E-state index in [4.69, 9.17) is 0 Å². The van der Waals surface area contributed by atoms with E-state index in [0.717, 1.165) is 0 Å². The predicted octanol–water partition coefficient (Wildman–Crippen LogP) is 2.41. The quantitative estimate of drug-likeness (QED) is 0.760. The minimum atomic E-state index is -6.20. The van der Waals surface area contributed by atoms with Gasteiger partial charge < -0.3 is 0 Å². The molecule has 0 bridgehead atoms. The van der Waals surface area contributed by atoms with Crippen LogP contribution in [0.3, 0.4) is 0 Å². The molecule has 0 spiro atoms. The Morgan fingerprint density at radius 1 is 0.667 bits per heavy atom. The predicted molar refractivity (Wildman–Crippen MR) is 52.9 cm³/mol. The SMILES string of the molecule is O=S(=O)(c1cc(F)cc(S(=O)(=O)C(F)(F)F)c1)C(F)(F)F. The zero-order chi connectivity index (χ0) is 16.9. The lowest BCUT2D eigenvalue weighted by atomic mass is 10.3. The Morgan fingerprint density at radius 3 is 1.19 bits per heavy atom. The van der Waals surface area contributed by atoms with Crippen molar-refractivity contribution >= 4 is 19.7 Å². The van der Waals surface area contributed by atoms with E-state index in [2.05, 4.69) is 0 Å². The molecule has 0 fully saturated rings. The van der Waals surface area contributed by atoms with Gasteiger partial charge in [-0.1, -0.05) is 0 Å². The maximum atomic E-state index is 13.0. The van der Waals surface area contributed by atoms with E-state index < -0.39 is 52.4 Å².